The number of nitrogens with zero attached hydrogens (tertiary/aromatic N) is 1. The first kappa shape index (κ1) is 30.6. The predicted molar refractivity (Wildman–Crippen MR) is 189 cm³/mol. The van der Waals surface area contributed by atoms with Gasteiger partial charge in [0.05, 0.1) is 0 Å². The minimum Gasteiger partial charge on any atom is -0.423 e. The minimum atomic E-state index is -0.489. The van der Waals surface area contributed by atoms with Crippen molar-refractivity contribution in [3.05, 3.63) is 177 Å². The van der Waals surface area contributed by atoms with Crippen molar-refractivity contribution in [2.75, 3.05) is 4.90 Å². The molecule has 0 saturated heterocycles. The van der Waals surface area contributed by atoms with Gasteiger partial charge in [0.25, 0.3) is 0 Å². The maximum absolute atomic E-state index is 11.5. The van der Waals surface area contributed by atoms with Gasteiger partial charge in [0.15, 0.2) is 0 Å². The summed E-state index contributed by atoms with van der Waals surface area (Å²) in [5.74, 6) is -0.0419. The Morgan fingerprint density at radius 1 is 0.404 bits per heavy atom. The predicted octanol–water partition coefficient (Wildman–Crippen LogP) is 10.3. The topological polar surface area (TPSA) is 55.8 Å². The van der Waals surface area contributed by atoms with Gasteiger partial charge in [-0.1, -0.05) is 104 Å². The molecule has 0 spiro atoms. The molecule has 0 saturated carbocycles. The molecule has 5 nitrogen and oxygen atoms in total. The van der Waals surface area contributed by atoms with Crippen molar-refractivity contribution in [2.24, 2.45) is 0 Å². The number of esters is 2. The molecule has 5 heteroatoms. The summed E-state index contributed by atoms with van der Waals surface area (Å²) in [4.78, 5) is 25.3. The van der Waals surface area contributed by atoms with E-state index in [1.54, 1.807) is 24.3 Å². The summed E-state index contributed by atoms with van der Waals surface area (Å²) in [7, 11) is 0. The molecule has 0 fully saturated rings. The second-order valence-electron chi connectivity index (χ2n) is 10.6. The van der Waals surface area contributed by atoms with Crippen LogP contribution in [0.15, 0.2) is 177 Å². The van der Waals surface area contributed by atoms with E-state index in [2.05, 4.69) is 103 Å². The smallest absolute Gasteiger partial charge is 0.335 e. The molecule has 6 aromatic rings. The van der Waals surface area contributed by atoms with Crippen LogP contribution in [0.2, 0.25) is 0 Å². The van der Waals surface area contributed by atoms with Gasteiger partial charge in [-0.25, -0.2) is 9.59 Å². The fourth-order valence-electron chi connectivity index (χ4n) is 5.23. The van der Waals surface area contributed by atoms with Gasteiger partial charge in [-0.3, -0.25) is 0 Å². The highest BCUT2D eigenvalue weighted by atomic mass is 16.5. The van der Waals surface area contributed by atoms with Crippen LogP contribution >= 0.6 is 0 Å². The zero-order valence-corrected chi connectivity index (χ0v) is 25.6. The van der Waals surface area contributed by atoms with Gasteiger partial charge in [-0.15, -0.1) is 0 Å². The third kappa shape index (κ3) is 7.27. The quantitative estimate of drug-likeness (QED) is 0.0874. The summed E-state index contributed by atoms with van der Waals surface area (Å²) >= 11 is 0. The van der Waals surface area contributed by atoms with E-state index >= 15 is 0 Å². The highest BCUT2D eigenvalue weighted by Crippen LogP contribution is 2.38. The molecule has 0 heterocycles. The number of hydrogen-bond acceptors (Lipinski definition) is 5. The van der Waals surface area contributed by atoms with Gasteiger partial charge < -0.3 is 14.4 Å². The normalized spacial score (nSPS) is 10.5. The lowest BCUT2D eigenvalue weighted by molar-refractivity contribution is -0.129. The Morgan fingerprint density at radius 3 is 0.979 bits per heavy atom. The van der Waals surface area contributed by atoms with E-state index in [9.17, 15) is 9.59 Å². The summed E-state index contributed by atoms with van der Waals surface area (Å²) in [6.45, 7) is 6.89. The van der Waals surface area contributed by atoms with Gasteiger partial charge in [-0.2, -0.15) is 0 Å². The van der Waals surface area contributed by atoms with Gasteiger partial charge in [0, 0.05) is 29.2 Å². The molecule has 6 aromatic carbocycles. The molecular weight excluding hydrogens is 582 g/mol. The first-order valence-electron chi connectivity index (χ1n) is 15.1. The second kappa shape index (κ2) is 14.1. The van der Waals surface area contributed by atoms with Gasteiger partial charge in [0.1, 0.15) is 11.5 Å². The van der Waals surface area contributed by atoms with Gasteiger partial charge in [-0.05, 0) is 94.0 Å². The Morgan fingerprint density at radius 2 is 0.681 bits per heavy atom. The van der Waals surface area contributed by atoms with Crippen molar-refractivity contribution in [1.29, 1.82) is 0 Å². The zero-order valence-electron chi connectivity index (χ0n) is 25.6. The molecular formula is C42H31NO4. The number of rotatable bonds is 10. The largest absolute Gasteiger partial charge is 0.423 e. The van der Waals surface area contributed by atoms with E-state index in [1.165, 1.54) is 0 Å². The zero-order chi connectivity index (χ0) is 32.6. The number of carbonyl (C=O) groups is 2. The van der Waals surface area contributed by atoms with E-state index in [0.29, 0.717) is 11.5 Å². The summed E-state index contributed by atoms with van der Waals surface area (Å²) in [6.07, 6.45) is 2.28. The Labute approximate surface area is 274 Å². The number of benzene rings is 6. The van der Waals surface area contributed by atoms with Crippen LogP contribution in [0.25, 0.3) is 33.4 Å². The second-order valence-corrected chi connectivity index (χ2v) is 10.6. The molecule has 0 aliphatic heterocycles. The highest BCUT2D eigenvalue weighted by Gasteiger charge is 2.14. The third-order valence-corrected chi connectivity index (χ3v) is 7.63. The number of hydrogen-bond donors (Lipinski definition) is 0. The molecule has 0 aromatic heterocycles. The molecule has 0 amide bonds. The van der Waals surface area contributed by atoms with Crippen molar-refractivity contribution in [2.45, 2.75) is 0 Å². The van der Waals surface area contributed by atoms with Crippen molar-refractivity contribution in [3.8, 4) is 44.9 Å². The lowest BCUT2D eigenvalue weighted by Gasteiger charge is -2.26. The third-order valence-electron chi connectivity index (χ3n) is 7.63. The van der Waals surface area contributed by atoms with Crippen LogP contribution in [0.1, 0.15) is 0 Å². The molecule has 0 radical (unpaired) electrons. The Bertz CT molecular complexity index is 1890. The van der Waals surface area contributed by atoms with Crippen LogP contribution in [0.5, 0.6) is 11.5 Å². The molecule has 6 rings (SSSR count). The average molecular weight is 614 g/mol. The maximum Gasteiger partial charge on any atom is 0.335 e. The molecule has 0 bridgehead atoms. The van der Waals surface area contributed by atoms with Crippen molar-refractivity contribution < 1.29 is 19.1 Å². The van der Waals surface area contributed by atoms with E-state index in [4.69, 9.17) is 9.47 Å². The molecule has 0 aliphatic carbocycles. The molecule has 228 valence electrons. The summed E-state index contributed by atoms with van der Waals surface area (Å²) in [5, 5.41) is 0. The Balaban J connectivity index is 1.30. The fraction of sp³-hybridized carbons (Fsp3) is 0. The van der Waals surface area contributed by atoms with E-state index < -0.39 is 11.9 Å². The lowest BCUT2D eigenvalue weighted by Crippen LogP contribution is -2.09. The standard InChI is InChI=1S/C42H31NO4/c1-3-41(44)46-39-26-16-34(17-27-39)32-12-22-37(23-13-32)43(36-20-10-31(11-21-36)30-8-6-5-7-9-30)38-24-14-33(15-25-38)35-18-28-40(29-19-35)47-42(45)4-2/h3-29H,1-2H2. The first-order valence-corrected chi connectivity index (χ1v) is 15.1. The van der Waals surface area contributed by atoms with E-state index in [0.717, 1.165) is 62.6 Å². The summed E-state index contributed by atoms with van der Waals surface area (Å²) in [6, 6.07) is 50.4. The van der Waals surface area contributed by atoms with E-state index in [-0.39, 0.29) is 0 Å². The maximum atomic E-state index is 11.5. The molecule has 47 heavy (non-hydrogen) atoms. The van der Waals surface area contributed by atoms with Gasteiger partial charge in [0.2, 0.25) is 0 Å². The average Bonchev–Trinajstić information content (AvgIpc) is 3.13. The van der Waals surface area contributed by atoms with Crippen molar-refractivity contribution >= 4 is 29.0 Å². The van der Waals surface area contributed by atoms with Crippen molar-refractivity contribution in [3.63, 3.8) is 0 Å². The Hall–Kier alpha value is -6.46. The monoisotopic (exact) mass is 613 g/mol. The number of carbonyl (C=O) groups excluding carboxylic acids is 2. The van der Waals surface area contributed by atoms with Crippen LogP contribution in [0.4, 0.5) is 17.1 Å². The number of anilines is 3. The molecule has 0 atom stereocenters. The van der Waals surface area contributed by atoms with Crippen LogP contribution in [0, 0.1) is 0 Å². The fourth-order valence-corrected chi connectivity index (χ4v) is 5.23. The van der Waals surface area contributed by atoms with Crippen LogP contribution in [0.3, 0.4) is 0 Å². The molecule has 0 unspecified atom stereocenters. The SMILES string of the molecule is C=CC(=O)Oc1ccc(-c2ccc(N(c3ccc(-c4ccccc4)cc3)c3ccc(-c4ccc(OC(=O)C=C)cc4)cc3)cc2)cc1. The van der Waals surface area contributed by atoms with Crippen LogP contribution in [-0.2, 0) is 9.59 Å². The van der Waals surface area contributed by atoms with Crippen LogP contribution < -0.4 is 14.4 Å². The number of ether oxygens (including phenoxy) is 2. The minimum absolute atomic E-state index is 0.468. The van der Waals surface area contributed by atoms with Crippen molar-refractivity contribution in [1.82, 2.24) is 0 Å². The summed E-state index contributed by atoms with van der Waals surface area (Å²) < 4.78 is 10.4. The highest BCUT2D eigenvalue weighted by molar-refractivity contribution is 5.84. The molecule has 0 N–H and O–H groups in total. The molecule has 0 aliphatic rings. The summed E-state index contributed by atoms with van der Waals surface area (Å²) in [5.41, 5.74) is 9.40. The van der Waals surface area contributed by atoms with Crippen LogP contribution in [-0.4, -0.2) is 11.9 Å². The van der Waals surface area contributed by atoms with Gasteiger partial charge >= 0.3 is 11.9 Å². The Kier molecular flexibility index (Phi) is 9.17. The van der Waals surface area contributed by atoms with E-state index in [1.807, 2.05) is 42.5 Å². The first-order chi connectivity index (χ1) is 23.0. The lowest BCUT2D eigenvalue weighted by atomic mass is 10.0.